The highest BCUT2D eigenvalue weighted by atomic mass is 35.5. The van der Waals surface area contributed by atoms with Crippen molar-refractivity contribution in [3.05, 3.63) is 0 Å². The number of nitrogens with zero attached hydrogens (tertiary/aromatic N) is 1. The summed E-state index contributed by atoms with van der Waals surface area (Å²) < 4.78 is 5.59. The van der Waals surface area contributed by atoms with E-state index in [2.05, 4.69) is 17.1 Å². The molecule has 0 bridgehead atoms. The minimum Gasteiger partial charge on any atom is -0.378 e. The Morgan fingerprint density at radius 3 is 2.84 bits per heavy atom. The minimum absolute atomic E-state index is 0. The molecule has 0 spiro atoms. The first-order valence-electron chi connectivity index (χ1n) is 7.43. The van der Waals surface area contributed by atoms with E-state index in [0.29, 0.717) is 24.5 Å². The van der Waals surface area contributed by atoms with Crippen molar-refractivity contribution in [2.75, 3.05) is 26.2 Å². The predicted octanol–water partition coefficient (Wildman–Crippen LogP) is 1.97. The van der Waals surface area contributed by atoms with Gasteiger partial charge in [-0.15, -0.1) is 12.4 Å². The molecule has 0 aromatic heterocycles. The Hall–Kier alpha value is -0.320. The molecule has 0 saturated carbocycles. The molecule has 0 aliphatic carbocycles. The Bertz CT molecular complexity index is 264. The van der Waals surface area contributed by atoms with Crippen molar-refractivity contribution in [1.29, 1.82) is 0 Å². The molecule has 2 rings (SSSR count). The molecule has 0 radical (unpaired) electrons. The Morgan fingerprint density at radius 1 is 1.42 bits per heavy atom. The maximum Gasteiger partial charge on any atom is 0.222 e. The van der Waals surface area contributed by atoms with Gasteiger partial charge in [0.1, 0.15) is 0 Å². The van der Waals surface area contributed by atoms with Crippen LogP contribution in [0.15, 0.2) is 0 Å². The first kappa shape index (κ1) is 16.7. The van der Waals surface area contributed by atoms with Gasteiger partial charge in [-0.3, -0.25) is 4.79 Å². The van der Waals surface area contributed by atoms with Crippen LogP contribution in [0.25, 0.3) is 0 Å². The molecule has 2 atom stereocenters. The zero-order valence-corrected chi connectivity index (χ0v) is 12.7. The van der Waals surface area contributed by atoms with Gasteiger partial charge < -0.3 is 15.0 Å². The Morgan fingerprint density at radius 2 is 2.26 bits per heavy atom. The Balaban J connectivity index is 0.00000180. The number of amides is 1. The Kier molecular flexibility index (Phi) is 7.73. The average Bonchev–Trinajstić information content (AvgIpc) is 3.05. The van der Waals surface area contributed by atoms with E-state index in [-0.39, 0.29) is 12.4 Å². The number of ether oxygens (including phenoxy) is 1. The third-order valence-electron chi connectivity index (χ3n) is 3.96. The van der Waals surface area contributed by atoms with Gasteiger partial charge in [0.15, 0.2) is 0 Å². The number of carbonyl (C=O) groups excluding carboxylic acids is 1. The SMILES string of the molecule is CCCN(C(=O)CCC1CCCO1)C1CCNC1.Cl. The molecule has 0 aromatic carbocycles. The molecular weight excluding hydrogens is 264 g/mol. The molecule has 2 fully saturated rings. The van der Waals surface area contributed by atoms with Gasteiger partial charge in [0.2, 0.25) is 5.91 Å². The van der Waals surface area contributed by atoms with Crippen molar-refractivity contribution in [2.45, 2.75) is 57.6 Å². The van der Waals surface area contributed by atoms with E-state index in [0.717, 1.165) is 58.3 Å². The largest absolute Gasteiger partial charge is 0.378 e. The van der Waals surface area contributed by atoms with Crippen LogP contribution in [-0.2, 0) is 9.53 Å². The molecule has 19 heavy (non-hydrogen) atoms. The second-order valence-corrected chi connectivity index (χ2v) is 5.41. The smallest absolute Gasteiger partial charge is 0.222 e. The molecular formula is C14H27ClN2O2. The molecule has 1 N–H and O–H groups in total. The topological polar surface area (TPSA) is 41.6 Å². The van der Waals surface area contributed by atoms with Crippen molar-refractivity contribution in [3.8, 4) is 0 Å². The highest BCUT2D eigenvalue weighted by Crippen LogP contribution is 2.19. The van der Waals surface area contributed by atoms with E-state index in [9.17, 15) is 4.79 Å². The van der Waals surface area contributed by atoms with Crippen molar-refractivity contribution >= 4 is 18.3 Å². The van der Waals surface area contributed by atoms with Crippen LogP contribution < -0.4 is 5.32 Å². The fourth-order valence-electron chi connectivity index (χ4n) is 2.96. The highest BCUT2D eigenvalue weighted by molar-refractivity contribution is 5.85. The van der Waals surface area contributed by atoms with E-state index >= 15 is 0 Å². The van der Waals surface area contributed by atoms with Gasteiger partial charge in [0, 0.05) is 32.2 Å². The normalized spacial score (nSPS) is 26.2. The predicted molar refractivity (Wildman–Crippen MR) is 78.7 cm³/mol. The van der Waals surface area contributed by atoms with E-state index in [4.69, 9.17) is 4.74 Å². The molecule has 2 unspecified atom stereocenters. The van der Waals surface area contributed by atoms with Crippen LogP contribution in [0.3, 0.4) is 0 Å². The number of carbonyl (C=O) groups is 1. The van der Waals surface area contributed by atoms with E-state index in [1.165, 1.54) is 0 Å². The molecule has 1 amide bonds. The molecule has 4 nitrogen and oxygen atoms in total. The zero-order chi connectivity index (χ0) is 12.8. The summed E-state index contributed by atoms with van der Waals surface area (Å²) in [6.07, 6.45) is 6.32. The summed E-state index contributed by atoms with van der Waals surface area (Å²) in [6, 6.07) is 0.418. The van der Waals surface area contributed by atoms with Gasteiger partial charge in [-0.2, -0.15) is 0 Å². The number of hydrogen-bond acceptors (Lipinski definition) is 3. The quantitative estimate of drug-likeness (QED) is 0.813. The van der Waals surface area contributed by atoms with Crippen LogP contribution in [0.1, 0.15) is 45.4 Å². The van der Waals surface area contributed by atoms with Gasteiger partial charge in [0.05, 0.1) is 6.10 Å². The van der Waals surface area contributed by atoms with E-state index in [1.807, 2.05) is 0 Å². The summed E-state index contributed by atoms with van der Waals surface area (Å²) in [5, 5.41) is 3.34. The van der Waals surface area contributed by atoms with E-state index < -0.39 is 0 Å². The molecule has 2 saturated heterocycles. The number of nitrogens with one attached hydrogen (secondary N) is 1. The van der Waals surface area contributed by atoms with Gasteiger partial charge >= 0.3 is 0 Å². The van der Waals surface area contributed by atoms with E-state index in [1.54, 1.807) is 0 Å². The van der Waals surface area contributed by atoms with Crippen LogP contribution in [0.5, 0.6) is 0 Å². The lowest BCUT2D eigenvalue weighted by Crippen LogP contribution is -2.42. The summed E-state index contributed by atoms with van der Waals surface area (Å²) in [7, 11) is 0. The Labute approximate surface area is 122 Å². The third-order valence-corrected chi connectivity index (χ3v) is 3.96. The molecule has 112 valence electrons. The first-order chi connectivity index (χ1) is 8.81. The molecule has 2 heterocycles. The third kappa shape index (κ3) is 4.93. The number of hydrogen-bond donors (Lipinski definition) is 1. The minimum atomic E-state index is 0. The van der Waals surface area contributed by atoms with Gasteiger partial charge in [-0.05, 0) is 38.6 Å². The monoisotopic (exact) mass is 290 g/mol. The van der Waals surface area contributed by atoms with Crippen LogP contribution in [0.2, 0.25) is 0 Å². The van der Waals surface area contributed by atoms with Gasteiger partial charge in [-0.25, -0.2) is 0 Å². The van der Waals surface area contributed by atoms with Crippen LogP contribution in [-0.4, -0.2) is 49.2 Å². The second-order valence-electron chi connectivity index (χ2n) is 5.41. The summed E-state index contributed by atoms with van der Waals surface area (Å²) in [4.78, 5) is 14.4. The average molecular weight is 291 g/mol. The maximum atomic E-state index is 12.3. The summed E-state index contributed by atoms with van der Waals surface area (Å²) in [5.41, 5.74) is 0. The maximum absolute atomic E-state index is 12.3. The fourth-order valence-corrected chi connectivity index (χ4v) is 2.96. The molecule has 0 aromatic rings. The molecule has 2 aliphatic heterocycles. The van der Waals surface area contributed by atoms with Crippen molar-refractivity contribution in [1.82, 2.24) is 10.2 Å². The van der Waals surface area contributed by atoms with Crippen molar-refractivity contribution in [3.63, 3.8) is 0 Å². The standard InChI is InChI=1S/C14H26N2O2.ClH/c1-2-9-16(12-7-8-15-11-12)14(17)6-5-13-4-3-10-18-13;/h12-13,15H,2-11H2,1H3;1H. The van der Waals surface area contributed by atoms with Gasteiger partial charge in [0.25, 0.3) is 0 Å². The van der Waals surface area contributed by atoms with Gasteiger partial charge in [-0.1, -0.05) is 6.92 Å². The lowest BCUT2D eigenvalue weighted by molar-refractivity contribution is -0.133. The second kappa shape index (κ2) is 8.77. The number of rotatable bonds is 6. The number of halogens is 1. The van der Waals surface area contributed by atoms with Crippen molar-refractivity contribution in [2.24, 2.45) is 0 Å². The fraction of sp³-hybridized carbons (Fsp3) is 0.929. The lowest BCUT2D eigenvalue weighted by atomic mass is 10.1. The van der Waals surface area contributed by atoms with Crippen LogP contribution in [0.4, 0.5) is 0 Å². The summed E-state index contributed by atoms with van der Waals surface area (Å²) in [5.74, 6) is 0.320. The van der Waals surface area contributed by atoms with Crippen LogP contribution in [0, 0.1) is 0 Å². The summed E-state index contributed by atoms with van der Waals surface area (Å²) >= 11 is 0. The first-order valence-corrected chi connectivity index (χ1v) is 7.43. The summed E-state index contributed by atoms with van der Waals surface area (Å²) in [6.45, 7) is 5.93. The highest BCUT2D eigenvalue weighted by Gasteiger charge is 2.26. The molecule has 2 aliphatic rings. The molecule has 5 heteroatoms. The van der Waals surface area contributed by atoms with Crippen LogP contribution >= 0.6 is 12.4 Å². The zero-order valence-electron chi connectivity index (χ0n) is 11.9. The van der Waals surface area contributed by atoms with Crippen molar-refractivity contribution < 1.29 is 9.53 Å². The lowest BCUT2D eigenvalue weighted by Gasteiger charge is -2.28.